The van der Waals surface area contributed by atoms with Gasteiger partial charge in [0.1, 0.15) is 6.04 Å². The van der Waals surface area contributed by atoms with Crippen LogP contribution in [0, 0.1) is 0 Å². The first-order valence-electron chi connectivity index (χ1n) is 5.31. The van der Waals surface area contributed by atoms with E-state index in [2.05, 4.69) is 0 Å². The third-order valence-corrected chi connectivity index (χ3v) is 2.63. The van der Waals surface area contributed by atoms with Crippen molar-refractivity contribution in [3.05, 3.63) is 34.9 Å². The minimum atomic E-state index is -1.20. The van der Waals surface area contributed by atoms with Crippen LogP contribution in [0.3, 0.4) is 0 Å². The molecular weight excluding hydrogens is 270 g/mol. The topological polar surface area (TPSA) is 83.7 Å². The molecule has 1 rings (SSSR count). The van der Waals surface area contributed by atoms with Crippen molar-refractivity contribution in [3.63, 3.8) is 0 Å². The maximum absolute atomic E-state index is 11.9. The van der Waals surface area contributed by atoms with E-state index in [9.17, 15) is 14.4 Å². The van der Waals surface area contributed by atoms with Gasteiger partial charge in [0.2, 0.25) is 6.29 Å². The fourth-order valence-corrected chi connectivity index (χ4v) is 1.59. The zero-order chi connectivity index (χ0) is 14.6. The number of nitrogens with two attached hydrogens (primary N) is 1. The summed E-state index contributed by atoms with van der Waals surface area (Å²) in [4.78, 5) is 36.1. The first-order valence-corrected chi connectivity index (χ1v) is 5.69. The molecule has 7 heteroatoms. The van der Waals surface area contributed by atoms with E-state index in [1.807, 2.05) is 0 Å². The number of hydrogen-bond donors (Lipinski definition) is 1. The molecule has 19 heavy (non-hydrogen) atoms. The van der Waals surface area contributed by atoms with Gasteiger partial charge in [-0.25, -0.2) is 14.5 Å². The van der Waals surface area contributed by atoms with Gasteiger partial charge in [-0.1, -0.05) is 23.7 Å². The summed E-state index contributed by atoms with van der Waals surface area (Å²) in [7, 11) is 2.89. The molecule has 0 saturated carbocycles. The smallest absolute Gasteiger partial charge is 0.328 e. The fraction of sp³-hybridized carbons (Fsp3) is 0.250. The Hall–Kier alpha value is -2.08. The third kappa shape index (κ3) is 3.45. The van der Waals surface area contributed by atoms with Gasteiger partial charge in [-0.2, -0.15) is 0 Å². The molecule has 0 saturated heterocycles. The average Bonchev–Trinajstić information content (AvgIpc) is 2.35. The van der Waals surface area contributed by atoms with Gasteiger partial charge in [0.25, 0.3) is 0 Å². The van der Waals surface area contributed by atoms with Crippen LogP contribution in [-0.4, -0.2) is 42.2 Å². The minimum absolute atomic E-state index is 0.397. The maximum atomic E-state index is 11.9. The molecule has 1 aromatic carbocycles. The van der Waals surface area contributed by atoms with Gasteiger partial charge in [0, 0.05) is 19.1 Å². The first kappa shape index (κ1) is 15.0. The Morgan fingerprint density at radius 2 is 1.79 bits per heavy atom. The van der Waals surface area contributed by atoms with Gasteiger partial charge < -0.3 is 10.6 Å². The van der Waals surface area contributed by atoms with E-state index in [0.717, 1.165) is 4.90 Å². The predicted molar refractivity (Wildman–Crippen MR) is 70.4 cm³/mol. The lowest BCUT2D eigenvalue weighted by molar-refractivity contribution is 0.165. The normalized spacial score (nSPS) is 11.5. The van der Waals surface area contributed by atoms with Crippen LogP contribution in [0.2, 0.25) is 5.02 Å². The second-order valence-corrected chi connectivity index (χ2v) is 4.39. The number of nitrogens with zero attached hydrogens (tertiary/aromatic N) is 2. The molecule has 0 heterocycles. The Balaban J connectivity index is 3.17. The van der Waals surface area contributed by atoms with Crippen molar-refractivity contribution in [2.24, 2.45) is 5.73 Å². The SMILES string of the molecule is CN(C)C(=O)N(C(N)=O)C([C]=O)c1ccc(Cl)cc1. The number of primary amides is 1. The van der Waals surface area contributed by atoms with Crippen molar-refractivity contribution < 1.29 is 14.4 Å². The number of hydrogen-bond acceptors (Lipinski definition) is 3. The van der Waals surface area contributed by atoms with Gasteiger partial charge >= 0.3 is 12.1 Å². The molecule has 1 atom stereocenters. The number of imide groups is 1. The number of amides is 4. The van der Waals surface area contributed by atoms with Crippen LogP contribution in [0.4, 0.5) is 9.59 Å². The molecule has 0 aliphatic heterocycles. The van der Waals surface area contributed by atoms with Crippen LogP contribution < -0.4 is 5.73 Å². The standard InChI is InChI=1S/C12H13ClN3O3/c1-15(2)12(19)16(11(14)18)10(7-17)8-3-5-9(13)6-4-8/h3-6,10H,1-2H3,(H2,14,18). The molecule has 1 aromatic rings. The number of carbonyl (C=O) groups is 2. The second-order valence-electron chi connectivity index (χ2n) is 3.96. The zero-order valence-corrected chi connectivity index (χ0v) is 11.2. The second kappa shape index (κ2) is 6.19. The highest BCUT2D eigenvalue weighted by molar-refractivity contribution is 6.30. The molecular formula is C12H13ClN3O3. The number of halogens is 1. The Morgan fingerprint density at radius 1 is 1.26 bits per heavy atom. The highest BCUT2D eigenvalue weighted by Gasteiger charge is 2.31. The zero-order valence-electron chi connectivity index (χ0n) is 10.5. The van der Waals surface area contributed by atoms with E-state index in [1.165, 1.54) is 26.2 Å². The van der Waals surface area contributed by atoms with Crippen molar-refractivity contribution in [2.45, 2.75) is 6.04 Å². The van der Waals surface area contributed by atoms with E-state index in [1.54, 1.807) is 18.4 Å². The van der Waals surface area contributed by atoms with Crippen LogP contribution in [-0.2, 0) is 4.79 Å². The molecule has 0 bridgehead atoms. The van der Waals surface area contributed by atoms with Crippen molar-refractivity contribution in [3.8, 4) is 0 Å². The average molecular weight is 283 g/mol. The summed E-state index contributed by atoms with van der Waals surface area (Å²) in [5.74, 6) is 0. The van der Waals surface area contributed by atoms with Crippen molar-refractivity contribution in [1.29, 1.82) is 0 Å². The summed E-state index contributed by atoms with van der Waals surface area (Å²) >= 11 is 5.74. The lowest BCUT2D eigenvalue weighted by atomic mass is 10.1. The molecule has 0 aliphatic carbocycles. The van der Waals surface area contributed by atoms with Gasteiger partial charge in [0.05, 0.1) is 0 Å². The molecule has 6 nitrogen and oxygen atoms in total. The Bertz CT molecular complexity index is 487. The summed E-state index contributed by atoms with van der Waals surface area (Å²) in [6.07, 6.45) is 1.64. The van der Waals surface area contributed by atoms with Crippen molar-refractivity contribution in [2.75, 3.05) is 14.1 Å². The summed E-state index contributed by atoms with van der Waals surface area (Å²) < 4.78 is 0. The van der Waals surface area contributed by atoms with Gasteiger partial charge in [0.15, 0.2) is 0 Å². The Kier molecular flexibility index (Phi) is 4.88. The van der Waals surface area contributed by atoms with E-state index in [-0.39, 0.29) is 0 Å². The highest BCUT2D eigenvalue weighted by Crippen LogP contribution is 2.21. The highest BCUT2D eigenvalue weighted by atomic mass is 35.5. The molecule has 1 radical (unpaired) electrons. The van der Waals surface area contributed by atoms with Gasteiger partial charge in [-0.15, -0.1) is 0 Å². The lowest BCUT2D eigenvalue weighted by Gasteiger charge is -2.27. The quantitative estimate of drug-likeness (QED) is 0.913. The Labute approximate surface area is 115 Å². The molecule has 2 N–H and O–H groups in total. The number of benzene rings is 1. The maximum Gasteiger partial charge on any atom is 0.328 e. The van der Waals surface area contributed by atoms with E-state index in [4.69, 9.17) is 17.3 Å². The molecule has 0 fully saturated rings. The van der Waals surface area contributed by atoms with Crippen LogP contribution in [0.5, 0.6) is 0 Å². The minimum Gasteiger partial charge on any atom is -0.351 e. The van der Waals surface area contributed by atoms with Crippen molar-refractivity contribution in [1.82, 2.24) is 9.80 Å². The van der Waals surface area contributed by atoms with Crippen LogP contribution in [0.15, 0.2) is 24.3 Å². The van der Waals surface area contributed by atoms with Crippen LogP contribution in [0.1, 0.15) is 11.6 Å². The van der Waals surface area contributed by atoms with E-state index in [0.29, 0.717) is 15.5 Å². The van der Waals surface area contributed by atoms with E-state index >= 15 is 0 Å². The summed E-state index contributed by atoms with van der Waals surface area (Å²) in [6.45, 7) is 0. The van der Waals surface area contributed by atoms with Crippen molar-refractivity contribution >= 4 is 29.9 Å². The largest absolute Gasteiger partial charge is 0.351 e. The molecule has 0 spiro atoms. The molecule has 101 valence electrons. The number of rotatable bonds is 3. The van der Waals surface area contributed by atoms with E-state index < -0.39 is 18.1 Å². The first-order chi connectivity index (χ1) is 8.88. The lowest BCUT2D eigenvalue weighted by Crippen LogP contribution is -2.48. The van der Waals surface area contributed by atoms with Gasteiger partial charge in [-0.05, 0) is 17.7 Å². The summed E-state index contributed by atoms with van der Waals surface area (Å²) in [5.41, 5.74) is 5.55. The molecule has 4 amide bonds. The predicted octanol–water partition coefficient (Wildman–Crippen LogP) is 1.55. The van der Waals surface area contributed by atoms with Crippen LogP contribution in [0.25, 0.3) is 0 Å². The molecule has 0 aliphatic rings. The molecule has 1 unspecified atom stereocenters. The summed E-state index contributed by atoms with van der Waals surface area (Å²) in [5, 5.41) is 0.470. The molecule has 0 aromatic heterocycles. The monoisotopic (exact) mass is 282 g/mol. The summed E-state index contributed by atoms with van der Waals surface area (Å²) in [6, 6.07) is 3.21. The number of carbonyl (C=O) groups excluding carboxylic acids is 3. The Morgan fingerprint density at radius 3 is 2.16 bits per heavy atom. The van der Waals surface area contributed by atoms with Crippen LogP contribution >= 0.6 is 11.6 Å². The third-order valence-electron chi connectivity index (χ3n) is 2.38. The number of urea groups is 2. The fourth-order valence-electron chi connectivity index (χ4n) is 1.46. The van der Waals surface area contributed by atoms with Gasteiger partial charge in [-0.3, -0.25) is 4.79 Å².